The van der Waals surface area contributed by atoms with Crippen molar-refractivity contribution in [2.75, 3.05) is 39.8 Å². The molecule has 1 aliphatic carbocycles. The van der Waals surface area contributed by atoms with E-state index in [4.69, 9.17) is 5.73 Å². The number of nitrogens with two attached hydrogens (primary N) is 1. The van der Waals surface area contributed by atoms with Crippen LogP contribution < -0.4 is 5.73 Å². The van der Waals surface area contributed by atoms with Gasteiger partial charge in [0, 0.05) is 25.6 Å². The van der Waals surface area contributed by atoms with Gasteiger partial charge in [0.1, 0.15) is 0 Å². The number of carbonyl (C=O) groups excluding carboxylic acids is 1. The summed E-state index contributed by atoms with van der Waals surface area (Å²) < 4.78 is 0. The lowest BCUT2D eigenvalue weighted by Crippen LogP contribution is -2.38. The van der Waals surface area contributed by atoms with Crippen molar-refractivity contribution in [2.45, 2.75) is 39.0 Å². The second kappa shape index (κ2) is 7.41. The Kier molecular flexibility index (Phi) is 5.85. The second-order valence-electron chi connectivity index (χ2n) is 6.73. The third-order valence-corrected chi connectivity index (χ3v) is 5.05. The Labute approximate surface area is 123 Å². The quantitative estimate of drug-likeness (QED) is 0.803. The maximum Gasteiger partial charge on any atom is 0.226 e. The smallest absolute Gasteiger partial charge is 0.226 e. The topological polar surface area (TPSA) is 49.6 Å². The predicted octanol–water partition coefficient (Wildman–Crippen LogP) is 1.55. The van der Waals surface area contributed by atoms with Crippen LogP contribution in [-0.2, 0) is 4.79 Å². The van der Waals surface area contributed by atoms with Crippen molar-refractivity contribution in [1.82, 2.24) is 9.80 Å². The Morgan fingerprint density at radius 3 is 2.85 bits per heavy atom. The minimum Gasteiger partial charge on any atom is -0.342 e. The molecule has 2 N–H and O–H groups in total. The SMILES string of the molecule is CCCN(C)CC1CCN(C(=O)[C@@H]2CCC[C@@H]2CN)C1. The molecule has 2 aliphatic rings. The molecular formula is C16H31N3O. The van der Waals surface area contributed by atoms with E-state index in [-0.39, 0.29) is 5.92 Å². The number of carbonyl (C=O) groups is 1. The van der Waals surface area contributed by atoms with Crippen LogP contribution in [0.5, 0.6) is 0 Å². The molecule has 4 heteroatoms. The van der Waals surface area contributed by atoms with Crippen LogP contribution in [0.4, 0.5) is 0 Å². The monoisotopic (exact) mass is 281 g/mol. The number of amides is 1. The van der Waals surface area contributed by atoms with Gasteiger partial charge < -0.3 is 15.5 Å². The second-order valence-corrected chi connectivity index (χ2v) is 6.73. The number of nitrogens with zero attached hydrogens (tertiary/aromatic N) is 2. The lowest BCUT2D eigenvalue weighted by Gasteiger charge is -2.25. The number of likely N-dealkylation sites (tertiary alicyclic amines) is 1. The Balaban J connectivity index is 1.81. The van der Waals surface area contributed by atoms with Crippen LogP contribution in [-0.4, -0.2) is 55.5 Å². The molecule has 1 aliphatic heterocycles. The fraction of sp³-hybridized carbons (Fsp3) is 0.938. The van der Waals surface area contributed by atoms with E-state index in [1.807, 2.05) is 0 Å². The minimum atomic E-state index is 0.215. The molecule has 2 rings (SSSR count). The number of hydrogen-bond donors (Lipinski definition) is 1. The van der Waals surface area contributed by atoms with Gasteiger partial charge in [-0.3, -0.25) is 4.79 Å². The van der Waals surface area contributed by atoms with E-state index in [2.05, 4.69) is 23.8 Å². The highest BCUT2D eigenvalue weighted by atomic mass is 16.2. The summed E-state index contributed by atoms with van der Waals surface area (Å²) in [6, 6.07) is 0. The molecule has 2 fully saturated rings. The van der Waals surface area contributed by atoms with E-state index in [0.717, 1.165) is 39.0 Å². The first-order chi connectivity index (χ1) is 9.65. The fourth-order valence-corrected chi connectivity index (χ4v) is 3.97. The van der Waals surface area contributed by atoms with Gasteiger partial charge in [0.25, 0.3) is 0 Å². The van der Waals surface area contributed by atoms with Gasteiger partial charge in [-0.15, -0.1) is 0 Å². The van der Waals surface area contributed by atoms with Crippen LogP contribution in [0.2, 0.25) is 0 Å². The van der Waals surface area contributed by atoms with E-state index in [9.17, 15) is 4.79 Å². The molecular weight excluding hydrogens is 250 g/mol. The zero-order valence-electron chi connectivity index (χ0n) is 13.2. The fourth-order valence-electron chi connectivity index (χ4n) is 3.97. The molecule has 0 bridgehead atoms. The molecule has 1 unspecified atom stereocenters. The van der Waals surface area contributed by atoms with Crippen molar-refractivity contribution in [3.05, 3.63) is 0 Å². The summed E-state index contributed by atoms with van der Waals surface area (Å²) in [4.78, 5) is 17.1. The Morgan fingerprint density at radius 1 is 1.35 bits per heavy atom. The van der Waals surface area contributed by atoms with E-state index in [0.29, 0.717) is 24.3 Å². The number of rotatable bonds is 6. The molecule has 1 heterocycles. The first kappa shape index (κ1) is 15.8. The summed E-state index contributed by atoms with van der Waals surface area (Å²) >= 11 is 0. The van der Waals surface area contributed by atoms with Crippen molar-refractivity contribution < 1.29 is 4.79 Å². The van der Waals surface area contributed by atoms with Gasteiger partial charge in [0.05, 0.1) is 0 Å². The maximum absolute atomic E-state index is 12.6. The largest absolute Gasteiger partial charge is 0.342 e. The third kappa shape index (κ3) is 3.73. The van der Waals surface area contributed by atoms with Gasteiger partial charge in [-0.2, -0.15) is 0 Å². The Hall–Kier alpha value is -0.610. The van der Waals surface area contributed by atoms with Crippen LogP contribution in [0, 0.1) is 17.8 Å². The molecule has 1 saturated heterocycles. The Bertz CT molecular complexity index is 321. The highest BCUT2D eigenvalue weighted by Crippen LogP contribution is 2.33. The molecule has 4 nitrogen and oxygen atoms in total. The Morgan fingerprint density at radius 2 is 2.15 bits per heavy atom. The van der Waals surface area contributed by atoms with Crippen molar-refractivity contribution >= 4 is 5.91 Å². The van der Waals surface area contributed by atoms with Crippen LogP contribution in [0.3, 0.4) is 0 Å². The van der Waals surface area contributed by atoms with E-state index < -0.39 is 0 Å². The van der Waals surface area contributed by atoms with Crippen LogP contribution in [0.1, 0.15) is 39.0 Å². The van der Waals surface area contributed by atoms with Crippen LogP contribution >= 0.6 is 0 Å². The van der Waals surface area contributed by atoms with Crippen molar-refractivity contribution in [2.24, 2.45) is 23.5 Å². The normalized spacial score (nSPS) is 30.4. The maximum atomic E-state index is 12.6. The highest BCUT2D eigenvalue weighted by molar-refractivity contribution is 5.79. The van der Waals surface area contributed by atoms with Gasteiger partial charge in [-0.25, -0.2) is 0 Å². The zero-order valence-corrected chi connectivity index (χ0v) is 13.2. The van der Waals surface area contributed by atoms with Crippen LogP contribution in [0.15, 0.2) is 0 Å². The molecule has 0 spiro atoms. The summed E-state index contributed by atoms with van der Waals surface area (Å²) in [5.41, 5.74) is 5.81. The molecule has 116 valence electrons. The average molecular weight is 281 g/mol. The molecule has 1 saturated carbocycles. The summed E-state index contributed by atoms with van der Waals surface area (Å²) in [6.45, 7) is 7.09. The molecule has 0 aromatic heterocycles. The predicted molar refractivity (Wildman–Crippen MR) is 82.4 cm³/mol. The van der Waals surface area contributed by atoms with Gasteiger partial charge in [0.15, 0.2) is 0 Å². The van der Waals surface area contributed by atoms with Gasteiger partial charge >= 0.3 is 0 Å². The number of hydrogen-bond acceptors (Lipinski definition) is 3. The summed E-state index contributed by atoms with van der Waals surface area (Å²) in [5.74, 6) is 1.70. The summed E-state index contributed by atoms with van der Waals surface area (Å²) in [5, 5.41) is 0. The molecule has 20 heavy (non-hydrogen) atoms. The lowest BCUT2D eigenvalue weighted by atomic mass is 9.95. The molecule has 0 aromatic rings. The molecule has 1 amide bonds. The molecule has 3 atom stereocenters. The minimum absolute atomic E-state index is 0.215. The molecule has 0 aromatic carbocycles. The third-order valence-electron chi connectivity index (χ3n) is 5.05. The summed E-state index contributed by atoms with van der Waals surface area (Å²) in [6.07, 6.45) is 5.74. The molecule has 0 radical (unpaired) electrons. The zero-order chi connectivity index (χ0) is 14.5. The van der Waals surface area contributed by atoms with E-state index >= 15 is 0 Å². The van der Waals surface area contributed by atoms with Gasteiger partial charge in [-0.05, 0) is 57.7 Å². The van der Waals surface area contributed by atoms with Crippen molar-refractivity contribution in [3.8, 4) is 0 Å². The first-order valence-corrected chi connectivity index (χ1v) is 8.33. The highest BCUT2D eigenvalue weighted by Gasteiger charge is 2.37. The summed E-state index contributed by atoms with van der Waals surface area (Å²) in [7, 11) is 2.19. The first-order valence-electron chi connectivity index (χ1n) is 8.33. The van der Waals surface area contributed by atoms with E-state index in [1.54, 1.807) is 0 Å². The van der Waals surface area contributed by atoms with Crippen LogP contribution in [0.25, 0.3) is 0 Å². The van der Waals surface area contributed by atoms with Crippen molar-refractivity contribution in [1.29, 1.82) is 0 Å². The van der Waals surface area contributed by atoms with Crippen molar-refractivity contribution in [3.63, 3.8) is 0 Å². The van der Waals surface area contributed by atoms with E-state index in [1.165, 1.54) is 19.3 Å². The lowest BCUT2D eigenvalue weighted by molar-refractivity contribution is -0.135. The standard InChI is InChI=1S/C16H31N3O/c1-3-8-18(2)11-13-7-9-19(12-13)16(20)15-6-4-5-14(15)10-17/h13-15H,3-12,17H2,1-2H3/t13?,14-,15-/m1/s1. The van der Waals surface area contributed by atoms with Gasteiger partial charge in [-0.1, -0.05) is 13.3 Å². The van der Waals surface area contributed by atoms with Gasteiger partial charge in [0.2, 0.25) is 5.91 Å². The average Bonchev–Trinajstić information content (AvgIpc) is 3.06.